The Labute approximate surface area is 126 Å². The molecular weight excluding hydrogens is 302 g/mol. The van der Waals surface area contributed by atoms with Crippen LogP contribution in [-0.4, -0.2) is 9.97 Å². The molecule has 0 bridgehead atoms. The van der Waals surface area contributed by atoms with E-state index in [9.17, 15) is 4.39 Å². The Morgan fingerprint density at radius 3 is 2.50 bits per heavy atom. The number of hydrogen-bond acceptors (Lipinski definition) is 3. The third kappa shape index (κ3) is 3.19. The van der Waals surface area contributed by atoms with E-state index in [-0.39, 0.29) is 10.9 Å². The zero-order valence-electron chi connectivity index (χ0n) is 11.2. The van der Waals surface area contributed by atoms with E-state index in [4.69, 9.17) is 27.9 Å². The van der Waals surface area contributed by atoms with Gasteiger partial charge in [0.25, 0.3) is 0 Å². The Morgan fingerprint density at radius 1 is 1.20 bits per heavy atom. The van der Waals surface area contributed by atoms with Gasteiger partial charge in [-0.1, -0.05) is 37.0 Å². The first-order valence-corrected chi connectivity index (χ1v) is 6.81. The smallest absolute Gasteiger partial charge is 0.227 e. The minimum Gasteiger partial charge on any atom is -0.437 e. The molecular formula is C14H13Cl2FN2O. The number of aromatic nitrogens is 2. The quantitative estimate of drug-likeness (QED) is 0.735. The van der Waals surface area contributed by atoms with E-state index < -0.39 is 5.82 Å². The molecule has 106 valence electrons. The highest BCUT2D eigenvalue weighted by Crippen LogP contribution is 2.32. The zero-order chi connectivity index (χ0) is 14.9. The van der Waals surface area contributed by atoms with Crippen LogP contribution in [-0.2, 0) is 0 Å². The van der Waals surface area contributed by atoms with E-state index in [0.29, 0.717) is 28.2 Å². The monoisotopic (exact) mass is 314 g/mol. The Bertz CT molecular complexity index is 647. The summed E-state index contributed by atoms with van der Waals surface area (Å²) < 4.78 is 18.6. The van der Waals surface area contributed by atoms with Crippen LogP contribution < -0.4 is 4.74 Å². The molecule has 1 aromatic carbocycles. The third-order valence-corrected chi connectivity index (χ3v) is 3.34. The van der Waals surface area contributed by atoms with Crippen molar-refractivity contribution in [1.82, 2.24) is 9.97 Å². The summed E-state index contributed by atoms with van der Waals surface area (Å²) >= 11 is 12.0. The zero-order valence-corrected chi connectivity index (χ0v) is 12.8. The molecule has 6 heteroatoms. The van der Waals surface area contributed by atoms with Crippen LogP contribution in [0.3, 0.4) is 0 Å². The van der Waals surface area contributed by atoms with Gasteiger partial charge in [-0.15, -0.1) is 0 Å². The van der Waals surface area contributed by atoms with Gasteiger partial charge in [-0.3, -0.25) is 0 Å². The molecule has 0 atom stereocenters. The van der Waals surface area contributed by atoms with Crippen molar-refractivity contribution >= 4 is 23.2 Å². The first-order chi connectivity index (χ1) is 9.38. The minimum atomic E-state index is -0.428. The first-order valence-electron chi connectivity index (χ1n) is 6.05. The summed E-state index contributed by atoms with van der Waals surface area (Å²) in [5, 5.41) is 0.502. The summed E-state index contributed by atoms with van der Waals surface area (Å²) in [5.74, 6) is 0.901. The van der Waals surface area contributed by atoms with Crippen LogP contribution in [0.25, 0.3) is 0 Å². The second-order valence-corrected chi connectivity index (χ2v) is 5.40. The van der Waals surface area contributed by atoms with Crippen LogP contribution >= 0.6 is 23.2 Å². The number of halogens is 3. The standard InChI is InChI=1S/C14H13Cl2FN2O/c1-7(2)13-18-12(16)8(3)14(19-13)20-11-5-4-9(17)6-10(11)15/h4-7H,1-3H3. The second kappa shape index (κ2) is 5.94. The number of hydrogen-bond donors (Lipinski definition) is 0. The van der Waals surface area contributed by atoms with Gasteiger partial charge < -0.3 is 4.74 Å². The van der Waals surface area contributed by atoms with Crippen molar-refractivity contribution in [1.29, 1.82) is 0 Å². The van der Waals surface area contributed by atoms with Gasteiger partial charge >= 0.3 is 0 Å². The Morgan fingerprint density at radius 2 is 1.90 bits per heavy atom. The van der Waals surface area contributed by atoms with Crippen LogP contribution in [0.15, 0.2) is 18.2 Å². The number of nitrogens with zero attached hydrogens (tertiary/aromatic N) is 2. The van der Waals surface area contributed by atoms with E-state index in [0.717, 1.165) is 0 Å². The molecule has 0 N–H and O–H groups in total. The number of ether oxygens (including phenoxy) is 1. The second-order valence-electron chi connectivity index (χ2n) is 4.63. The number of benzene rings is 1. The molecule has 1 aromatic heterocycles. The first kappa shape index (κ1) is 15.0. The molecule has 0 fully saturated rings. The highest BCUT2D eigenvalue weighted by Gasteiger charge is 2.15. The molecule has 0 amide bonds. The van der Waals surface area contributed by atoms with Crippen molar-refractivity contribution in [3.8, 4) is 11.6 Å². The minimum absolute atomic E-state index is 0.110. The van der Waals surface area contributed by atoms with Gasteiger partial charge in [-0.2, -0.15) is 4.98 Å². The summed E-state index contributed by atoms with van der Waals surface area (Å²) in [6.45, 7) is 5.66. The van der Waals surface area contributed by atoms with Gasteiger partial charge in [0.15, 0.2) is 0 Å². The van der Waals surface area contributed by atoms with Crippen molar-refractivity contribution in [3.63, 3.8) is 0 Å². The lowest BCUT2D eigenvalue weighted by Gasteiger charge is -2.12. The fraction of sp³-hybridized carbons (Fsp3) is 0.286. The van der Waals surface area contributed by atoms with E-state index in [2.05, 4.69) is 9.97 Å². The maximum Gasteiger partial charge on any atom is 0.227 e. The molecule has 1 heterocycles. The molecule has 0 unspecified atom stereocenters. The lowest BCUT2D eigenvalue weighted by Crippen LogP contribution is -2.02. The predicted molar refractivity (Wildman–Crippen MR) is 77.4 cm³/mol. The molecule has 20 heavy (non-hydrogen) atoms. The van der Waals surface area contributed by atoms with Crippen LogP contribution in [0.4, 0.5) is 4.39 Å². The molecule has 0 spiro atoms. The Balaban J connectivity index is 2.42. The van der Waals surface area contributed by atoms with Crippen LogP contribution in [0.2, 0.25) is 10.2 Å². The topological polar surface area (TPSA) is 35.0 Å². The SMILES string of the molecule is Cc1c(Cl)nc(C(C)C)nc1Oc1ccc(F)cc1Cl. The molecule has 0 saturated carbocycles. The van der Waals surface area contributed by atoms with Crippen molar-refractivity contribution < 1.29 is 9.13 Å². The van der Waals surface area contributed by atoms with E-state index >= 15 is 0 Å². The van der Waals surface area contributed by atoms with Crippen LogP contribution in [0.1, 0.15) is 31.2 Å². The van der Waals surface area contributed by atoms with Gasteiger partial charge in [0.2, 0.25) is 5.88 Å². The van der Waals surface area contributed by atoms with Gasteiger partial charge in [0.1, 0.15) is 22.5 Å². The van der Waals surface area contributed by atoms with E-state index in [1.165, 1.54) is 18.2 Å². The molecule has 3 nitrogen and oxygen atoms in total. The summed E-state index contributed by atoms with van der Waals surface area (Å²) in [6.07, 6.45) is 0. The average Bonchev–Trinajstić information content (AvgIpc) is 2.37. The van der Waals surface area contributed by atoms with Gasteiger partial charge in [-0.05, 0) is 25.1 Å². The van der Waals surface area contributed by atoms with Crippen molar-refractivity contribution in [3.05, 3.63) is 45.6 Å². The van der Waals surface area contributed by atoms with Crippen molar-refractivity contribution in [2.45, 2.75) is 26.7 Å². The van der Waals surface area contributed by atoms with Crippen molar-refractivity contribution in [2.24, 2.45) is 0 Å². The summed E-state index contributed by atoms with van der Waals surface area (Å²) in [7, 11) is 0. The third-order valence-electron chi connectivity index (χ3n) is 2.68. The molecule has 0 radical (unpaired) electrons. The Kier molecular flexibility index (Phi) is 4.45. The summed E-state index contributed by atoms with van der Waals surface area (Å²) in [6, 6.07) is 3.89. The molecule has 0 saturated heterocycles. The van der Waals surface area contributed by atoms with Gasteiger partial charge in [-0.25, -0.2) is 9.37 Å². The molecule has 2 rings (SSSR count). The normalized spacial score (nSPS) is 10.9. The summed E-state index contributed by atoms with van der Waals surface area (Å²) in [4.78, 5) is 8.51. The summed E-state index contributed by atoms with van der Waals surface area (Å²) in [5.41, 5.74) is 0.608. The fourth-order valence-corrected chi connectivity index (χ4v) is 1.88. The average molecular weight is 315 g/mol. The predicted octanol–water partition coefficient (Wildman–Crippen LogP) is 5.15. The maximum absolute atomic E-state index is 13.0. The molecule has 0 aliphatic carbocycles. The number of rotatable bonds is 3. The van der Waals surface area contributed by atoms with E-state index in [1.54, 1.807) is 6.92 Å². The largest absolute Gasteiger partial charge is 0.437 e. The highest BCUT2D eigenvalue weighted by molar-refractivity contribution is 6.32. The lowest BCUT2D eigenvalue weighted by molar-refractivity contribution is 0.451. The maximum atomic E-state index is 13.0. The molecule has 0 aliphatic rings. The fourth-order valence-electron chi connectivity index (χ4n) is 1.51. The molecule has 2 aromatic rings. The van der Waals surface area contributed by atoms with Crippen LogP contribution in [0, 0.1) is 12.7 Å². The lowest BCUT2D eigenvalue weighted by atomic mass is 10.2. The van der Waals surface area contributed by atoms with Crippen molar-refractivity contribution in [2.75, 3.05) is 0 Å². The Hall–Kier alpha value is -1.39. The van der Waals surface area contributed by atoms with Gasteiger partial charge in [0, 0.05) is 11.5 Å². The van der Waals surface area contributed by atoms with Gasteiger partial charge in [0.05, 0.1) is 5.02 Å². The highest BCUT2D eigenvalue weighted by atomic mass is 35.5. The van der Waals surface area contributed by atoms with E-state index in [1.807, 2.05) is 13.8 Å². The van der Waals surface area contributed by atoms with Crippen LogP contribution in [0.5, 0.6) is 11.6 Å². The molecule has 0 aliphatic heterocycles.